The zero-order chi connectivity index (χ0) is 22.8. The van der Waals surface area contributed by atoms with E-state index in [-0.39, 0.29) is 31.1 Å². The van der Waals surface area contributed by atoms with Gasteiger partial charge in [-0.15, -0.1) is 0 Å². The monoisotopic (exact) mass is 428 g/mol. The van der Waals surface area contributed by atoms with Crippen molar-refractivity contribution in [3.05, 3.63) is 11.6 Å². The fraction of sp³-hybridized carbons (Fsp3) is 0.826. The van der Waals surface area contributed by atoms with E-state index in [1.807, 2.05) is 13.0 Å². The molecular formula is C23H44O5Si. The van der Waals surface area contributed by atoms with Gasteiger partial charge in [-0.25, -0.2) is 0 Å². The molecule has 0 amide bonds. The van der Waals surface area contributed by atoms with E-state index < -0.39 is 20.4 Å². The van der Waals surface area contributed by atoms with Crippen LogP contribution in [-0.2, 0) is 18.8 Å². The number of carbonyl (C=O) groups excluding carboxylic acids is 2. The second kappa shape index (κ2) is 13.3. The number of ketones is 1. The van der Waals surface area contributed by atoms with E-state index in [4.69, 9.17) is 9.16 Å². The Morgan fingerprint density at radius 1 is 1.00 bits per heavy atom. The van der Waals surface area contributed by atoms with Crippen molar-refractivity contribution in [1.82, 2.24) is 0 Å². The Balaban J connectivity index is 5.07. The third-order valence-electron chi connectivity index (χ3n) is 5.87. The Labute approximate surface area is 179 Å². The Bertz CT molecular complexity index is 518. The lowest BCUT2D eigenvalue weighted by Gasteiger charge is -2.42. The first-order valence-corrected chi connectivity index (χ1v) is 13.2. The molecular weight excluding hydrogens is 384 g/mol. The Hall–Kier alpha value is -0.983. The minimum absolute atomic E-state index is 0.0683. The van der Waals surface area contributed by atoms with Gasteiger partial charge in [0.1, 0.15) is 12.2 Å². The van der Waals surface area contributed by atoms with Crippen LogP contribution in [0.5, 0.6) is 0 Å². The number of Topliss-reactive ketones (excluding diaryl/α,β-unsaturated/α-hetero) is 1. The summed E-state index contributed by atoms with van der Waals surface area (Å²) in [6, 6.07) is 0. The van der Waals surface area contributed by atoms with Crippen molar-refractivity contribution in [3.8, 4) is 0 Å². The molecule has 1 N–H and O–H groups in total. The van der Waals surface area contributed by atoms with E-state index in [1.54, 1.807) is 6.92 Å². The van der Waals surface area contributed by atoms with Gasteiger partial charge < -0.3 is 14.3 Å². The van der Waals surface area contributed by atoms with Gasteiger partial charge in [0.2, 0.25) is 0 Å². The highest BCUT2D eigenvalue weighted by Crippen LogP contribution is 2.42. The Morgan fingerprint density at radius 3 is 1.93 bits per heavy atom. The summed E-state index contributed by atoms with van der Waals surface area (Å²) in [6.07, 6.45) is 1.70. The standard InChI is InChI=1S/C23H44O5Si/c1-10-20(15-28-29(16(3)4,17(5)6)18(7)8)12-19(9)22(25)13-21(24)14-23(26)27-11-2/h12,16-18,20,22,25H,10-11,13-15H2,1-9H3/b19-12-/t20-,22-/m1/s1. The van der Waals surface area contributed by atoms with Gasteiger partial charge in [-0.1, -0.05) is 54.5 Å². The fourth-order valence-electron chi connectivity index (χ4n) is 4.34. The van der Waals surface area contributed by atoms with Crippen molar-refractivity contribution in [3.63, 3.8) is 0 Å². The van der Waals surface area contributed by atoms with E-state index in [1.165, 1.54) is 0 Å². The molecule has 0 fully saturated rings. The number of carbonyl (C=O) groups is 2. The van der Waals surface area contributed by atoms with E-state index >= 15 is 0 Å². The van der Waals surface area contributed by atoms with Crippen LogP contribution in [0.4, 0.5) is 0 Å². The summed E-state index contributed by atoms with van der Waals surface area (Å²) in [7, 11) is -1.93. The molecule has 0 aliphatic carbocycles. The molecule has 0 bridgehead atoms. The maximum atomic E-state index is 12.0. The average molecular weight is 429 g/mol. The minimum atomic E-state index is -1.93. The van der Waals surface area contributed by atoms with E-state index in [2.05, 4.69) is 48.5 Å². The molecule has 2 atom stereocenters. The van der Waals surface area contributed by atoms with Crippen LogP contribution in [-0.4, -0.2) is 44.5 Å². The van der Waals surface area contributed by atoms with Crippen LogP contribution in [0.3, 0.4) is 0 Å². The topological polar surface area (TPSA) is 72.8 Å². The molecule has 0 heterocycles. The van der Waals surface area contributed by atoms with Crippen LogP contribution in [0.25, 0.3) is 0 Å². The zero-order valence-corrected chi connectivity index (χ0v) is 21.1. The number of hydrogen-bond acceptors (Lipinski definition) is 5. The molecule has 6 heteroatoms. The summed E-state index contributed by atoms with van der Waals surface area (Å²) in [5, 5.41) is 10.4. The van der Waals surface area contributed by atoms with Crippen LogP contribution < -0.4 is 0 Å². The van der Waals surface area contributed by atoms with Crippen molar-refractivity contribution in [2.24, 2.45) is 5.92 Å². The van der Waals surface area contributed by atoms with Gasteiger partial charge in [-0.2, -0.15) is 0 Å². The van der Waals surface area contributed by atoms with Crippen LogP contribution in [0.1, 0.15) is 81.6 Å². The largest absolute Gasteiger partial charge is 0.466 e. The summed E-state index contributed by atoms with van der Waals surface area (Å²) in [5.41, 5.74) is 2.33. The lowest BCUT2D eigenvalue weighted by Crippen LogP contribution is -2.48. The predicted octanol–water partition coefficient (Wildman–Crippen LogP) is 5.42. The van der Waals surface area contributed by atoms with Crippen LogP contribution in [0.15, 0.2) is 11.6 Å². The first-order chi connectivity index (χ1) is 13.4. The van der Waals surface area contributed by atoms with Crippen LogP contribution in [0.2, 0.25) is 16.6 Å². The third kappa shape index (κ3) is 8.73. The van der Waals surface area contributed by atoms with Crippen molar-refractivity contribution in [1.29, 1.82) is 0 Å². The highest BCUT2D eigenvalue weighted by molar-refractivity contribution is 6.77. The fourth-order valence-corrected chi connectivity index (χ4v) is 9.84. The first kappa shape index (κ1) is 28.0. The smallest absolute Gasteiger partial charge is 0.313 e. The summed E-state index contributed by atoms with van der Waals surface area (Å²) >= 11 is 0. The molecule has 0 rings (SSSR count). The summed E-state index contributed by atoms with van der Waals surface area (Å²) in [5.74, 6) is -0.657. The summed E-state index contributed by atoms with van der Waals surface area (Å²) in [6.45, 7) is 20.2. The molecule has 0 unspecified atom stereocenters. The Morgan fingerprint density at radius 2 is 1.52 bits per heavy atom. The quantitative estimate of drug-likeness (QED) is 0.173. The molecule has 0 aliphatic rings. The molecule has 0 aromatic rings. The number of rotatable bonds is 14. The normalized spacial score (nSPS) is 15.1. The maximum absolute atomic E-state index is 12.0. The van der Waals surface area contributed by atoms with Gasteiger partial charge in [0.15, 0.2) is 8.32 Å². The van der Waals surface area contributed by atoms with Crippen molar-refractivity contribution in [2.45, 2.75) is 104 Å². The number of aliphatic hydroxyl groups is 1. The number of esters is 1. The maximum Gasteiger partial charge on any atom is 0.313 e. The highest BCUT2D eigenvalue weighted by Gasteiger charge is 2.45. The van der Waals surface area contributed by atoms with E-state index in [0.29, 0.717) is 23.2 Å². The molecule has 29 heavy (non-hydrogen) atoms. The van der Waals surface area contributed by atoms with Gasteiger partial charge >= 0.3 is 5.97 Å². The van der Waals surface area contributed by atoms with Crippen LogP contribution in [0, 0.1) is 5.92 Å². The first-order valence-electron chi connectivity index (χ1n) is 11.1. The zero-order valence-electron chi connectivity index (χ0n) is 20.1. The van der Waals surface area contributed by atoms with Crippen LogP contribution >= 0.6 is 0 Å². The number of hydrogen-bond donors (Lipinski definition) is 1. The highest BCUT2D eigenvalue weighted by atomic mass is 28.4. The molecule has 0 radical (unpaired) electrons. The Kier molecular flexibility index (Phi) is 12.9. The lowest BCUT2D eigenvalue weighted by molar-refractivity contribution is -0.145. The van der Waals surface area contributed by atoms with Crippen molar-refractivity contribution < 1.29 is 23.9 Å². The SMILES string of the molecule is CCOC(=O)CC(=O)C[C@@H](O)/C(C)=C\[C@@H](CC)CO[Si](C(C)C)(C(C)C)C(C)C. The molecule has 0 saturated heterocycles. The molecule has 0 saturated carbocycles. The second-order valence-electron chi connectivity index (χ2n) is 8.95. The third-order valence-corrected chi connectivity index (χ3v) is 12.0. The van der Waals surface area contributed by atoms with E-state index in [0.717, 1.165) is 12.0 Å². The molecule has 5 nitrogen and oxygen atoms in total. The lowest BCUT2D eigenvalue weighted by atomic mass is 9.98. The molecule has 170 valence electrons. The van der Waals surface area contributed by atoms with Gasteiger partial charge in [-0.05, 0) is 48.4 Å². The van der Waals surface area contributed by atoms with Crippen molar-refractivity contribution in [2.75, 3.05) is 13.2 Å². The average Bonchev–Trinajstić information content (AvgIpc) is 2.59. The van der Waals surface area contributed by atoms with Gasteiger partial charge in [-0.3, -0.25) is 9.59 Å². The predicted molar refractivity (Wildman–Crippen MR) is 121 cm³/mol. The summed E-state index contributed by atoms with van der Waals surface area (Å²) < 4.78 is 11.5. The molecule has 0 aromatic carbocycles. The van der Waals surface area contributed by atoms with E-state index in [9.17, 15) is 14.7 Å². The van der Waals surface area contributed by atoms with Gasteiger partial charge in [0.25, 0.3) is 0 Å². The molecule has 0 aliphatic heterocycles. The van der Waals surface area contributed by atoms with Crippen molar-refractivity contribution >= 4 is 20.1 Å². The molecule has 0 aromatic heterocycles. The van der Waals surface area contributed by atoms with Gasteiger partial charge in [0, 0.05) is 13.0 Å². The second-order valence-corrected chi connectivity index (χ2v) is 14.4. The van der Waals surface area contributed by atoms with Gasteiger partial charge in [0.05, 0.1) is 12.7 Å². The number of aliphatic hydroxyl groups excluding tert-OH is 1. The molecule has 0 spiro atoms. The number of ether oxygens (including phenoxy) is 1. The minimum Gasteiger partial charge on any atom is -0.466 e. The summed E-state index contributed by atoms with van der Waals surface area (Å²) in [4.78, 5) is 23.4.